The number of aromatic nitrogens is 1. The minimum atomic E-state index is -3.64. The van der Waals surface area contributed by atoms with Crippen molar-refractivity contribution in [2.45, 2.75) is 11.0 Å². The Bertz CT molecular complexity index is 534. The Hall–Kier alpha value is -1.22. The number of nitrogens with two attached hydrogens (primary N) is 1. The molecular weight excluding hydrogens is 268 g/mol. The highest BCUT2D eigenvalue weighted by Gasteiger charge is 2.22. The van der Waals surface area contributed by atoms with Crippen molar-refractivity contribution < 1.29 is 13.2 Å². The summed E-state index contributed by atoms with van der Waals surface area (Å²) in [5, 5.41) is 0. The second kappa shape index (κ2) is 5.83. The third kappa shape index (κ3) is 3.63. The van der Waals surface area contributed by atoms with Gasteiger partial charge in [0, 0.05) is 32.0 Å². The third-order valence-corrected chi connectivity index (χ3v) is 4.42. The fraction of sp³-hybridized carbons (Fsp3) is 0.545. The van der Waals surface area contributed by atoms with Gasteiger partial charge in [0.15, 0.2) is 0 Å². The topological polar surface area (TPSA) is 97.5 Å². The second-order valence-corrected chi connectivity index (χ2v) is 6.26. The summed E-state index contributed by atoms with van der Waals surface area (Å²) in [6.07, 6.45) is 2.55. The van der Waals surface area contributed by atoms with Crippen LogP contribution in [0.2, 0.25) is 0 Å². The molecule has 1 aliphatic rings. The minimum Gasteiger partial charge on any atom is -0.398 e. The highest BCUT2D eigenvalue weighted by molar-refractivity contribution is 7.89. The number of anilines is 1. The van der Waals surface area contributed by atoms with Gasteiger partial charge < -0.3 is 15.4 Å². The van der Waals surface area contributed by atoms with E-state index >= 15 is 0 Å². The van der Waals surface area contributed by atoms with Gasteiger partial charge in [-0.1, -0.05) is 0 Å². The predicted octanol–water partition coefficient (Wildman–Crippen LogP) is -0.727. The number of nitrogen functional groups attached to an aromatic ring is 1. The molecule has 1 aromatic rings. The van der Waals surface area contributed by atoms with Gasteiger partial charge in [-0.15, -0.1) is 0 Å². The maximum atomic E-state index is 12.1. The molecule has 1 saturated heterocycles. The molecule has 2 heterocycles. The number of likely N-dealkylation sites (N-methyl/N-ethyl adjacent to an activating group) is 1. The van der Waals surface area contributed by atoms with Crippen molar-refractivity contribution in [3.05, 3.63) is 18.5 Å². The van der Waals surface area contributed by atoms with Gasteiger partial charge in [-0.3, -0.25) is 4.98 Å². The monoisotopic (exact) mass is 286 g/mol. The van der Waals surface area contributed by atoms with Crippen LogP contribution in [0, 0.1) is 0 Å². The number of sulfonamides is 1. The molecule has 0 radical (unpaired) electrons. The number of rotatable bonds is 4. The molecule has 1 unspecified atom stereocenters. The molecule has 106 valence electrons. The van der Waals surface area contributed by atoms with Gasteiger partial charge >= 0.3 is 0 Å². The lowest BCUT2D eigenvalue weighted by molar-refractivity contribution is -0.0156. The van der Waals surface area contributed by atoms with E-state index in [1.165, 1.54) is 18.5 Å². The summed E-state index contributed by atoms with van der Waals surface area (Å²) in [6, 6.07) is 1.46. The van der Waals surface area contributed by atoms with Crippen molar-refractivity contribution in [2.75, 3.05) is 39.0 Å². The van der Waals surface area contributed by atoms with Gasteiger partial charge in [-0.2, -0.15) is 0 Å². The van der Waals surface area contributed by atoms with Gasteiger partial charge in [0.25, 0.3) is 0 Å². The molecule has 0 bridgehead atoms. The van der Waals surface area contributed by atoms with Gasteiger partial charge in [0.1, 0.15) is 4.90 Å². The van der Waals surface area contributed by atoms with Crippen molar-refractivity contribution >= 4 is 15.7 Å². The summed E-state index contributed by atoms with van der Waals surface area (Å²) in [4.78, 5) is 5.88. The van der Waals surface area contributed by atoms with Crippen LogP contribution in [0.4, 0.5) is 5.69 Å². The standard InChI is InChI=1S/C11H18N4O3S/c1-15-4-5-18-9(8-15)6-14-19(16,17)11-7-13-3-2-10(11)12/h2-3,7,9,14H,4-6,8H2,1H3,(H2,12,13). The van der Waals surface area contributed by atoms with E-state index < -0.39 is 10.0 Å². The smallest absolute Gasteiger partial charge is 0.244 e. The first-order chi connectivity index (χ1) is 8.99. The van der Waals surface area contributed by atoms with E-state index in [1.54, 1.807) is 0 Å². The van der Waals surface area contributed by atoms with Crippen LogP contribution in [0.15, 0.2) is 23.4 Å². The van der Waals surface area contributed by atoms with Crippen molar-refractivity contribution in [1.82, 2.24) is 14.6 Å². The van der Waals surface area contributed by atoms with E-state index in [0.717, 1.165) is 6.54 Å². The Morgan fingerprint density at radius 3 is 3.11 bits per heavy atom. The number of hydrogen-bond donors (Lipinski definition) is 2. The average Bonchev–Trinajstić information content (AvgIpc) is 2.37. The molecule has 1 aromatic heterocycles. The molecule has 19 heavy (non-hydrogen) atoms. The quantitative estimate of drug-likeness (QED) is 0.757. The molecule has 0 aliphatic carbocycles. The Morgan fingerprint density at radius 2 is 2.42 bits per heavy atom. The Morgan fingerprint density at radius 1 is 1.63 bits per heavy atom. The minimum absolute atomic E-state index is 0.000774. The Balaban J connectivity index is 2.00. The first kappa shape index (κ1) is 14.2. The van der Waals surface area contributed by atoms with Gasteiger partial charge in [-0.25, -0.2) is 13.1 Å². The SMILES string of the molecule is CN1CCOC(CNS(=O)(=O)c2cnccc2N)C1. The van der Waals surface area contributed by atoms with E-state index in [-0.39, 0.29) is 23.2 Å². The van der Waals surface area contributed by atoms with Crippen LogP contribution in [0.3, 0.4) is 0 Å². The zero-order valence-corrected chi connectivity index (χ0v) is 11.6. The molecule has 1 fully saturated rings. The molecule has 3 N–H and O–H groups in total. The van der Waals surface area contributed by atoms with E-state index in [9.17, 15) is 8.42 Å². The Kier molecular flexibility index (Phi) is 4.35. The predicted molar refractivity (Wildman–Crippen MR) is 71.1 cm³/mol. The van der Waals surface area contributed by atoms with Crippen LogP contribution >= 0.6 is 0 Å². The lowest BCUT2D eigenvalue weighted by Gasteiger charge is -2.30. The van der Waals surface area contributed by atoms with E-state index in [2.05, 4.69) is 14.6 Å². The van der Waals surface area contributed by atoms with Crippen LogP contribution in [0.1, 0.15) is 0 Å². The van der Waals surface area contributed by atoms with Gasteiger partial charge in [0.2, 0.25) is 10.0 Å². The summed E-state index contributed by atoms with van der Waals surface area (Å²) in [7, 11) is -1.67. The zero-order valence-electron chi connectivity index (χ0n) is 10.7. The largest absolute Gasteiger partial charge is 0.398 e. The molecule has 8 heteroatoms. The first-order valence-corrected chi connectivity index (χ1v) is 7.46. The molecule has 0 aromatic carbocycles. The molecule has 0 spiro atoms. The van der Waals surface area contributed by atoms with Crippen LogP contribution in [0.5, 0.6) is 0 Å². The number of pyridine rings is 1. The lowest BCUT2D eigenvalue weighted by atomic mass is 10.3. The molecule has 7 nitrogen and oxygen atoms in total. The van der Waals surface area contributed by atoms with E-state index in [4.69, 9.17) is 10.5 Å². The Labute approximate surface area is 112 Å². The summed E-state index contributed by atoms with van der Waals surface area (Å²) in [6.45, 7) is 2.39. The maximum Gasteiger partial charge on any atom is 0.244 e. The average molecular weight is 286 g/mol. The normalized spacial score (nSPS) is 21.4. The molecular formula is C11H18N4O3S. The van der Waals surface area contributed by atoms with Crippen molar-refractivity contribution in [3.63, 3.8) is 0 Å². The van der Waals surface area contributed by atoms with Gasteiger partial charge in [-0.05, 0) is 13.1 Å². The second-order valence-electron chi connectivity index (χ2n) is 4.52. The summed E-state index contributed by atoms with van der Waals surface area (Å²) in [5.74, 6) is 0. The highest BCUT2D eigenvalue weighted by Crippen LogP contribution is 2.15. The number of nitrogens with zero attached hydrogens (tertiary/aromatic N) is 2. The van der Waals surface area contributed by atoms with Crippen LogP contribution < -0.4 is 10.5 Å². The summed E-state index contributed by atoms with van der Waals surface area (Å²) in [5.41, 5.74) is 5.82. The summed E-state index contributed by atoms with van der Waals surface area (Å²) >= 11 is 0. The van der Waals surface area contributed by atoms with E-state index in [0.29, 0.717) is 13.2 Å². The number of ether oxygens (including phenoxy) is 1. The van der Waals surface area contributed by atoms with Crippen molar-refractivity contribution in [3.8, 4) is 0 Å². The molecule has 1 aliphatic heterocycles. The highest BCUT2D eigenvalue weighted by atomic mass is 32.2. The fourth-order valence-electron chi connectivity index (χ4n) is 1.89. The molecule has 1 atom stereocenters. The number of morpholine rings is 1. The maximum absolute atomic E-state index is 12.1. The molecule has 2 rings (SSSR count). The molecule has 0 amide bonds. The van der Waals surface area contributed by atoms with Gasteiger partial charge in [0.05, 0.1) is 18.4 Å². The molecule has 0 saturated carbocycles. The zero-order chi connectivity index (χ0) is 13.9. The fourth-order valence-corrected chi connectivity index (χ4v) is 3.02. The summed E-state index contributed by atoms with van der Waals surface area (Å²) < 4.78 is 32.2. The van der Waals surface area contributed by atoms with Crippen LogP contribution in [-0.2, 0) is 14.8 Å². The lowest BCUT2D eigenvalue weighted by Crippen LogP contribution is -2.45. The third-order valence-electron chi connectivity index (χ3n) is 2.95. The number of nitrogens with one attached hydrogen (secondary N) is 1. The van der Waals surface area contributed by atoms with Crippen molar-refractivity contribution in [2.24, 2.45) is 0 Å². The van der Waals surface area contributed by atoms with Crippen LogP contribution in [-0.4, -0.2) is 57.7 Å². The van der Waals surface area contributed by atoms with Crippen molar-refractivity contribution in [1.29, 1.82) is 0 Å². The number of hydrogen-bond acceptors (Lipinski definition) is 6. The first-order valence-electron chi connectivity index (χ1n) is 5.98. The van der Waals surface area contributed by atoms with Crippen LogP contribution in [0.25, 0.3) is 0 Å². The van der Waals surface area contributed by atoms with E-state index in [1.807, 2.05) is 7.05 Å².